The van der Waals surface area contributed by atoms with E-state index in [1.807, 2.05) is 12.1 Å². The van der Waals surface area contributed by atoms with Gasteiger partial charge in [0.1, 0.15) is 6.61 Å². The van der Waals surface area contributed by atoms with E-state index in [1.165, 1.54) is 19.2 Å². The van der Waals surface area contributed by atoms with Gasteiger partial charge in [-0.15, -0.1) is 0 Å². The molecule has 104 valence electrons. The zero-order valence-electron chi connectivity index (χ0n) is 10.9. The molecule has 0 unspecified atom stereocenters. The number of methoxy groups -OCH3 is 1. The van der Waals surface area contributed by atoms with Gasteiger partial charge in [-0.2, -0.15) is 0 Å². The van der Waals surface area contributed by atoms with Gasteiger partial charge in [0.05, 0.1) is 18.4 Å². The molecule has 2 rings (SSSR count). The van der Waals surface area contributed by atoms with Crippen molar-refractivity contribution in [3.8, 4) is 11.5 Å². The van der Waals surface area contributed by atoms with E-state index in [0.717, 1.165) is 5.56 Å². The summed E-state index contributed by atoms with van der Waals surface area (Å²) in [6, 6.07) is 6.41. The van der Waals surface area contributed by atoms with Crippen LogP contribution in [0.15, 0.2) is 36.7 Å². The molecule has 6 heteroatoms. The van der Waals surface area contributed by atoms with E-state index < -0.39 is 5.97 Å². The topological polar surface area (TPSA) is 94.7 Å². The summed E-state index contributed by atoms with van der Waals surface area (Å²) in [4.78, 5) is 15.0. The maximum atomic E-state index is 11.1. The lowest BCUT2D eigenvalue weighted by atomic mass is 10.1. The average Bonchev–Trinajstić information content (AvgIpc) is 2.46. The predicted octanol–water partition coefficient (Wildman–Crippen LogP) is 1.95. The third kappa shape index (κ3) is 2.97. The van der Waals surface area contributed by atoms with Gasteiger partial charge >= 0.3 is 5.97 Å². The van der Waals surface area contributed by atoms with Crippen LogP contribution in [0.5, 0.6) is 11.5 Å². The molecule has 1 heterocycles. The van der Waals surface area contributed by atoms with Gasteiger partial charge in [0.15, 0.2) is 11.5 Å². The summed E-state index contributed by atoms with van der Waals surface area (Å²) >= 11 is 0. The van der Waals surface area contributed by atoms with Crippen LogP contribution in [0.3, 0.4) is 0 Å². The van der Waals surface area contributed by atoms with Crippen molar-refractivity contribution in [3.63, 3.8) is 0 Å². The highest BCUT2D eigenvalue weighted by atomic mass is 16.5. The molecule has 0 bridgehead atoms. The van der Waals surface area contributed by atoms with Crippen molar-refractivity contribution < 1.29 is 19.4 Å². The first-order chi connectivity index (χ1) is 9.61. The van der Waals surface area contributed by atoms with E-state index in [4.69, 9.17) is 20.3 Å². The first-order valence-electron chi connectivity index (χ1n) is 5.84. The third-order valence-corrected chi connectivity index (χ3v) is 2.71. The highest BCUT2D eigenvalue weighted by Crippen LogP contribution is 2.32. The lowest BCUT2D eigenvalue weighted by Gasteiger charge is -2.13. The van der Waals surface area contributed by atoms with Gasteiger partial charge in [0.2, 0.25) is 0 Å². The Kier molecular flexibility index (Phi) is 4.05. The van der Waals surface area contributed by atoms with Crippen molar-refractivity contribution in [3.05, 3.63) is 47.8 Å². The van der Waals surface area contributed by atoms with Crippen LogP contribution in [-0.4, -0.2) is 23.2 Å². The minimum Gasteiger partial charge on any atom is -0.493 e. The molecule has 0 fully saturated rings. The molecule has 0 aliphatic carbocycles. The highest BCUT2D eigenvalue weighted by molar-refractivity contribution is 5.94. The molecule has 0 radical (unpaired) electrons. The van der Waals surface area contributed by atoms with Gasteiger partial charge in [-0.25, -0.2) is 4.79 Å². The van der Waals surface area contributed by atoms with E-state index in [2.05, 4.69) is 4.98 Å². The molecule has 0 aliphatic heterocycles. The smallest absolute Gasteiger partial charge is 0.337 e. The van der Waals surface area contributed by atoms with Crippen LogP contribution in [0.1, 0.15) is 15.9 Å². The van der Waals surface area contributed by atoms with E-state index >= 15 is 0 Å². The molecule has 20 heavy (non-hydrogen) atoms. The number of pyridine rings is 1. The summed E-state index contributed by atoms with van der Waals surface area (Å²) in [6.45, 7) is 0.280. The van der Waals surface area contributed by atoms with Gasteiger partial charge in [0, 0.05) is 24.5 Å². The summed E-state index contributed by atoms with van der Waals surface area (Å²) in [5.74, 6) is -0.392. The molecule has 0 amide bonds. The molecule has 0 spiro atoms. The summed E-state index contributed by atoms with van der Waals surface area (Å²) in [5, 5.41) is 9.05. The maximum absolute atomic E-state index is 11.1. The van der Waals surface area contributed by atoms with Crippen molar-refractivity contribution in [1.82, 2.24) is 4.98 Å². The van der Waals surface area contributed by atoms with Crippen molar-refractivity contribution >= 4 is 11.7 Å². The Balaban J connectivity index is 2.25. The second-order valence-corrected chi connectivity index (χ2v) is 4.04. The van der Waals surface area contributed by atoms with Crippen LogP contribution in [0.2, 0.25) is 0 Å². The first-order valence-corrected chi connectivity index (χ1v) is 5.84. The Hall–Kier alpha value is -2.76. The molecule has 0 aliphatic rings. The van der Waals surface area contributed by atoms with Crippen LogP contribution >= 0.6 is 0 Å². The minimum atomic E-state index is -1.11. The van der Waals surface area contributed by atoms with Gasteiger partial charge in [-0.3, -0.25) is 4.98 Å². The zero-order chi connectivity index (χ0) is 14.5. The average molecular weight is 274 g/mol. The highest BCUT2D eigenvalue weighted by Gasteiger charge is 2.14. The summed E-state index contributed by atoms with van der Waals surface area (Å²) in [7, 11) is 1.47. The van der Waals surface area contributed by atoms with Crippen molar-refractivity contribution in [2.24, 2.45) is 0 Å². The Bertz CT molecular complexity index is 614. The molecule has 0 atom stereocenters. The quantitative estimate of drug-likeness (QED) is 0.809. The number of carboxylic acids is 1. The molecule has 3 N–H and O–H groups in total. The Morgan fingerprint density at radius 2 is 2.00 bits per heavy atom. The summed E-state index contributed by atoms with van der Waals surface area (Å²) < 4.78 is 10.7. The zero-order valence-corrected chi connectivity index (χ0v) is 10.9. The number of aromatic carboxylic acids is 1. The molecule has 6 nitrogen and oxygen atoms in total. The molecule has 0 saturated heterocycles. The number of aromatic nitrogens is 1. The van der Waals surface area contributed by atoms with E-state index in [1.54, 1.807) is 12.4 Å². The Morgan fingerprint density at radius 3 is 2.60 bits per heavy atom. The maximum Gasteiger partial charge on any atom is 0.337 e. The molecular weight excluding hydrogens is 260 g/mol. The second kappa shape index (κ2) is 5.92. The minimum absolute atomic E-state index is 0.0180. The number of nitrogen functional groups attached to an aromatic ring is 1. The number of carbonyl (C=O) groups is 1. The number of nitrogens with two attached hydrogens (primary N) is 1. The van der Waals surface area contributed by atoms with Crippen molar-refractivity contribution in [1.29, 1.82) is 0 Å². The number of nitrogens with zero attached hydrogens (tertiary/aromatic N) is 1. The lowest BCUT2D eigenvalue weighted by molar-refractivity contribution is 0.0697. The van der Waals surface area contributed by atoms with E-state index in [0.29, 0.717) is 11.5 Å². The number of hydrogen-bond acceptors (Lipinski definition) is 5. The predicted molar refractivity (Wildman–Crippen MR) is 72.9 cm³/mol. The number of hydrogen-bond donors (Lipinski definition) is 2. The van der Waals surface area contributed by atoms with Gasteiger partial charge < -0.3 is 20.3 Å². The number of rotatable bonds is 5. The van der Waals surface area contributed by atoms with Crippen LogP contribution in [0.4, 0.5) is 5.69 Å². The standard InChI is InChI=1S/C14H14N2O4/c1-19-12-7-11(15)10(14(17)18)6-13(12)20-8-9-2-4-16-5-3-9/h2-7H,8,15H2,1H3,(H,17,18). The van der Waals surface area contributed by atoms with Crippen LogP contribution in [0.25, 0.3) is 0 Å². The van der Waals surface area contributed by atoms with E-state index in [-0.39, 0.29) is 17.9 Å². The Morgan fingerprint density at radius 1 is 1.30 bits per heavy atom. The lowest BCUT2D eigenvalue weighted by Crippen LogP contribution is -2.05. The van der Waals surface area contributed by atoms with Gasteiger partial charge in [-0.05, 0) is 17.7 Å². The second-order valence-electron chi connectivity index (χ2n) is 4.04. The molecule has 2 aromatic rings. The molecule has 0 saturated carbocycles. The summed E-state index contributed by atoms with van der Waals surface area (Å²) in [5.41, 5.74) is 6.67. The SMILES string of the molecule is COc1cc(N)c(C(=O)O)cc1OCc1ccncc1. The fraction of sp³-hybridized carbons (Fsp3) is 0.143. The molecule has 1 aromatic heterocycles. The fourth-order valence-corrected chi connectivity index (χ4v) is 1.67. The van der Waals surface area contributed by atoms with Gasteiger partial charge in [-0.1, -0.05) is 0 Å². The largest absolute Gasteiger partial charge is 0.493 e. The monoisotopic (exact) mass is 274 g/mol. The molecular formula is C14H14N2O4. The Labute approximate surface area is 115 Å². The normalized spacial score (nSPS) is 10.1. The number of anilines is 1. The number of carboxylic acid groups (broad SMARTS) is 1. The van der Waals surface area contributed by atoms with Crippen molar-refractivity contribution in [2.75, 3.05) is 12.8 Å². The van der Waals surface area contributed by atoms with Crippen LogP contribution in [-0.2, 0) is 6.61 Å². The summed E-state index contributed by atoms with van der Waals surface area (Å²) in [6.07, 6.45) is 3.31. The third-order valence-electron chi connectivity index (χ3n) is 2.71. The number of benzene rings is 1. The molecule has 1 aromatic carbocycles. The fourth-order valence-electron chi connectivity index (χ4n) is 1.67. The van der Waals surface area contributed by atoms with E-state index in [9.17, 15) is 4.79 Å². The van der Waals surface area contributed by atoms with Crippen LogP contribution < -0.4 is 15.2 Å². The number of ether oxygens (including phenoxy) is 2. The van der Waals surface area contributed by atoms with Crippen LogP contribution in [0, 0.1) is 0 Å². The van der Waals surface area contributed by atoms with Crippen molar-refractivity contribution in [2.45, 2.75) is 6.61 Å². The first kappa shape index (κ1) is 13.7. The van der Waals surface area contributed by atoms with Gasteiger partial charge in [0.25, 0.3) is 0 Å².